The van der Waals surface area contributed by atoms with Gasteiger partial charge in [0.1, 0.15) is 0 Å². The Labute approximate surface area is 94.4 Å². The zero-order valence-electron chi connectivity index (χ0n) is 10.3. The number of fused-ring (bicyclic) bond motifs is 2. The fraction of sp³-hybridized carbons (Fsp3) is 1.00. The van der Waals surface area contributed by atoms with E-state index in [0.717, 1.165) is 18.0 Å². The molecule has 2 nitrogen and oxygen atoms in total. The molecule has 2 rings (SSSR count). The van der Waals surface area contributed by atoms with E-state index in [1.807, 2.05) is 0 Å². The van der Waals surface area contributed by atoms with Crippen molar-refractivity contribution in [3.05, 3.63) is 0 Å². The van der Waals surface area contributed by atoms with Gasteiger partial charge in [-0.15, -0.1) is 0 Å². The Morgan fingerprint density at radius 3 is 2.73 bits per heavy atom. The zero-order valence-corrected chi connectivity index (χ0v) is 10.3. The lowest BCUT2D eigenvalue weighted by Gasteiger charge is -2.34. The number of piperidine rings is 1. The molecule has 0 aromatic heterocycles. The fourth-order valence-electron chi connectivity index (χ4n) is 3.35. The maximum Gasteiger partial charge on any atom is 0.0221 e. The van der Waals surface area contributed by atoms with Gasteiger partial charge in [-0.2, -0.15) is 0 Å². The second-order valence-electron chi connectivity index (χ2n) is 5.30. The Kier molecular flexibility index (Phi) is 4.04. The van der Waals surface area contributed by atoms with Crippen LogP contribution < -0.4 is 5.32 Å². The molecular weight excluding hydrogens is 184 g/mol. The molecule has 0 spiro atoms. The second kappa shape index (κ2) is 5.31. The van der Waals surface area contributed by atoms with E-state index in [4.69, 9.17) is 0 Å². The van der Waals surface area contributed by atoms with Crippen molar-refractivity contribution >= 4 is 0 Å². The molecule has 1 saturated carbocycles. The Morgan fingerprint density at radius 1 is 1.33 bits per heavy atom. The van der Waals surface area contributed by atoms with Crippen molar-refractivity contribution in [2.45, 2.75) is 58.0 Å². The summed E-state index contributed by atoms with van der Waals surface area (Å²) in [6.45, 7) is 8.35. The Bertz CT molecular complexity index is 193. The molecule has 2 fully saturated rings. The Hall–Kier alpha value is -0.0800. The lowest BCUT2D eigenvalue weighted by molar-refractivity contribution is 0.142. The highest BCUT2D eigenvalue weighted by Crippen LogP contribution is 2.38. The Morgan fingerprint density at radius 2 is 2.20 bits per heavy atom. The summed E-state index contributed by atoms with van der Waals surface area (Å²) in [6.07, 6.45) is 7.02. The minimum absolute atomic E-state index is 0.798. The largest absolute Gasteiger partial charge is 0.315 e. The molecule has 0 aromatic rings. The molecule has 0 radical (unpaired) electrons. The quantitative estimate of drug-likeness (QED) is 0.676. The van der Waals surface area contributed by atoms with Gasteiger partial charge in [-0.05, 0) is 44.6 Å². The van der Waals surface area contributed by atoms with Crippen molar-refractivity contribution in [3.8, 4) is 0 Å². The third kappa shape index (κ3) is 2.54. The highest BCUT2D eigenvalue weighted by molar-refractivity contribution is 4.95. The molecule has 1 aliphatic carbocycles. The minimum Gasteiger partial charge on any atom is -0.315 e. The number of nitrogens with zero attached hydrogens (tertiary/aromatic N) is 1. The molecule has 88 valence electrons. The molecule has 0 aromatic carbocycles. The van der Waals surface area contributed by atoms with Crippen molar-refractivity contribution in [2.75, 3.05) is 19.6 Å². The molecule has 1 saturated heterocycles. The first kappa shape index (κ1) is 11.4. The highest BCUT2D eigenvalue weighted by atomic mass is 15.2. The van der Waals surface area contributed by atoms with Gasteiger partial charge in [-0.1, -0.05) is 13.8 Å². The van der Waals surface area contributed by atoms with E-state index >= 15 is 0 Å². The topological polar surface area (TPSA) is 15.3 Å². The first-order valence-electron chi connectivity index (χ1n) is 6.81. The first-order chi connectivity index (χ1) is 7.35. The van der Waals surface area contributed by atoms with Gasteiger partial charge in [0.05, 0.1) is 0 Å². The molecule has 3 unspecified atom stereocenters. The molecule has 2 aliphatic rings. The van der Waals surface area contributed by atoms with Gasteiger partial charge in [0.2, 0.25) is 0 Å². The van der Waals surface area contributed by atoms with E-state index < -0.39 is 0 Å². The van der Waals surface area contributed by atoms with Gasteiger partial charge in [0.15, 0.2) is 0 Å². The van der Waals surface area contributed by atoms with Gasteiger partial charge in [0, 0.05) is 25.2 Å². The van der Waals surface area contributed by atoms with Crippen molar-refractivity contribution < 1.29 is 0 Å². The van der Waals surface area contributed by atoms with Gasteiger partial charge in [-0.25, -0.2) is 0 Å². The molecular formula is C13H26N2. The van der Waals surface area contributed by atoms with Crippen LogP contribution in [0.2, 0.25) is 0 Å². The number of nitrogens with one attached hydrogen (secondary N) is 1. The number of hydrogen-bond acceptors (Lipinski definition) is 2. The average molecular weight is 210 g/mol. The lowest BCUT2D eigenvalue weighted by atomic mass is 10.1. The summed E-state index contributed by atoms with van der Waals surface area (Å²) in [5, 5.41) is 3.58. The van der Waals surface area contributed by atoms with E-state index in [9.17, 15) is 0 Å². The van der Waals surface area contributed by atoms with Gasteiger partial charge in [0.25, 0.3) is 0 Å². The predicted molar refractivity (Wildman–Crippen MR) is 65.1 cm³/mol. The molecule has 0 amide bonds. The summed E-state index contributed by atoms with van der Waals surface area (Å²) in [4.78, 5) is 2.79. The summed E-state index contributed by atoms with van der Waals surface area (Å²) in [7, 11) is 0. The van der Waals surface area contributed by atoms with Gasteiger partial charge >= 0.3 is 0 Å². The third-order valence-electron chi connectivity index (χ3n) is 4.20. The monoisotopic (exact) mass is 210 g/mol. The maximum atomic E-state index is 3.58. The number of rotatable bonds is 6. The normalized spacial score (nSPS) is 32.4. The smallest absolute Gasteiger partial charge is 0.0221 e. The fourth-order valence-corrected chi connectivity index (χ4v) is 3.35. The summed E-state index contributed by atoms with van der Waals surface area (Å²) in [5.74, 6) is 1.04. The third-order valence-corrected chi connectivity index (χ3v) is 4.20. The molecule has 2 heteroatoms. The van der Waals surface area contributed by atoms with Crippen LogP contribution in [0, 0.1) is 5.92 Å². The van der Waals surface area contributed by atoms with Crippen LogP contribution in [-0.4, -0.2) is 36.6 Å². The minimum atomic E-state index is 0.798. The molecule has 1 N–H and O–H groups in total. The van der Waals surface area contributed by atoms with E-state index in [0.29, 0.717) is 0 Å². The Balaban J connectivity index is 1.79. The first-order valence-corrected chi connectivity index (χ1v) is 6.81. The SMILES string of the molecule is CCCNCC(CC)N1CC2CCC1C2. The summed E-state index contributed by atoms with van der Waals surface area (Å²) in [5.41, 5.74) is 0. The van der Waals surface area contributed by atoms with Crippen molar-refractivity contribution in [3.63, 3.8) is 0 Å². The van der Waals surface area contributed by atoms with Gasteiger partial charge in [-0.3, -0.25) is 4.90 Å². The van der Waals surface area contributed by atoms with Crippen LogP contribution in [-0.2, 0) is 0 Å². The van der Waals surface area contributed by atoms with Crippen LogP contribution in [0.5, 0.6) is 0 Å². The number of hydrogen-bond donors (Lipinski definition) is 1. The van der Waals surface area contributed by atoms with Crippen LogP contribution >= 0.6 is 0 Å². The summed E-state index contributed by atoms with van der Waals surface area (Å²) in [6, 6.07) is 1.73. The molecule has 1 aliphatic heterocycles. The van der Waals surface area contributed by atoms with E-state index in [1.165, 1.54) is 51.7 Å². The van der Waals surface area contributed by atoms with E-state index in [2.05, 4.69) is 24.1 Å². The predicted octanol–water partition coefficient (Wildman–Crippen LogP) is 2.25. The average Bonchev–Trinajstić information content (AvgIpc) is 2.86. The highest BCUT2D eigenvalue weighted by Gasteiger charge is 2.40. The van der Waals surface area contributed by atoms with Crippen molar-refractivity contribution in [1.82, 2.24) is 10.2 Å². The summed E-state index contributed by atoms with van der Waals surface area (Å²) < 4.78 is 0. The summed E-state index contributed by atoms with van der Waals surface area (Å²) >= 11 is 0. The van der Waals surface area contributed by atoms with Crippen LogP contribution in [0.3, 0.4) is 0 Å². The van der Waals surface area contributed by atoms with E-state index in [-0.39, 0.29) is 0 Å². The molecule has 2 bridgehead atoms. The molecule has 15 heavy (non-hydrogen) atoms. The lowest BCUT2D eigenvalue weighted by Crippen LogP contribution is -2.46. The van der Waals surface area contributed by atoms with Gasteiger partial charge < -0.3 is 5.32 Å². The van der Waals surface area contributed by atoms with Crippen LogP contribution in [0.1, 0.15) is 46.0 Å². The van der Waals surface area contributed by atoms with Crippen LogP contribution in [0.15, 0.2) is 0 Å². The number of likely N-dealkylation sites (tertiary alicyclic amines) is 1. The standard InChI is InChI=1S/C13H26N2/c1-3-7-14-9-12(4-2)15-10-11-5-6-13(15)8-11/h11-14H,3-10H2,1-2H3. The van der Waals surface area contributed by atoms with Crippen LogP contribution in [0.4, 0.5) is 0 Å². The van der Waals surface area contributed by atoms with Crippen molar-refractivity contribution in [1.29, 1.82) is 0 Å². The van der Waals surface area contributed by atoms with Crippen LogP contribution in [0.25, 0.3) is 0 Å². The second-order valence-corrected chi connectivity index (χ2v) is 5.30. The molecule has 1 heterocycles. The van der Waals surface area contributed by atoms with E-state index in [1.54, 1.807) is 0 Å². The maximum absolute atomic E-state index is 3.58. The zero-order chi connectivity index (χ0) is 10.7. The van der Waals surface area contributed by atoms with Crippen molar-refractivity contribution in [2.24, 2.45) is 5.92 Å². The molecule has 3 atom stereocenters.